The molecule has 43 heavy (non-hydrogen) atoms. The summed E-state index contributed by atoms with van der Waals surface area (Å²) in [4.78, 5) is 17.2. The molecule has 1 aliphatic carbocycles. The molecule has 0 amide bonds. The lowest BCUT2D eigenvalue weighted by Gasteiger charge is -2.44. The van der Waals surface area contributed by atoms with Crippen LogP contribution < -0.4 is 21.9 Å². The third kappa shape index (κ3) is 4.93. The van der Waals surface area contributed by atoms with Gasteiger partial charge in [0.2, 0.25) is 0 Å². The summed E-state index contributed by atoms with van der Waals surface area (Å²) in [6.07, 6.45) is 9.11. The summed E-state index contributed by atoms with van der Waals surface area (Å²) in [5.41, 5.74) is -1.94. The van der Waals surface area contributed by atoms with E-state index in [-0.39, 0.29) is 17.5 Å². The van der Waals surface area contributed by atoms with E-state index in [1.54, 1.807) is 6.20 Å². The van der Waals surface area contributed by atoms with Crippen LogP contribution in [-0.4, -0.2) is 48.1 Å². The van der Waals surface area contributed by atoms with Crippen molar-refractivity contribution in [3.05, 3.63) is 83.4 Å². The van der Waals surface area contributed by atoms with Gasteiger partial charge in [-0.25, -0.2) is 4.79 Å². The van der Waals surface area contributed by atoms with Crippen molar-refractivity contribution in [2.24, 2.45) is 16.2 Å². The number of benzene rings is 2. The summed E-state index contributed by atoms with van der Waals surface area (Å²) in [5, 5.41) is 8.86. The Hall–Kier alpha value is -3.66. The van der Waals surface area contributed by atoms with Crippen LogP contribution in [0.1, 0.15) is 52.7 Å². The highest BCUT2D eigenvalue weighted by molar-refractivity contribution is 6.99. The number of fused-ring (bicyclic) bond motifs is 1. The first-order valence-corrected chi connectivity index (χ1v) is 16.5. The molecule has 2 N–H and O–H groups in total. The van der Waals surface area contributed by atoms with Gasteiger partial charge < -0.3 is 24.5 Å². The van der Waals surface area contributed by atoms with Crippen LogP contribution in [0.25, 0.3) is 0 Å². The SMILES string of the molecule is C#C[C@]1(CO[Si](c2ccccc2)(c2ccccc2)C(C)(C)C)O[C@@H](n2ccc(N=NN)nc2=O)[C@@H]2OC3(CCCC3)O[C@@H]21. The molecule has 0 radical (unpaired) electrons. The molecule has 3 heterocycles. The van der Waals surface area contributed by atoms with Gasteiger partial charge in [0.25, 0.3) is 8.32 Å². The van der Waals surface area contributed by atoms with Crippen molar-refractivity contribution in [1.29, 1.82) is 0 Å². The average molecular weight is 600 g/mol. The molecule has 4 atom stereocenters. The first-order valence-electron chi connectivity index (χ1n) is 14.6. The fourth-order valence-corrected chi connectivity index (χ4v) is 11.5. The zero-order valence-corrected chi connectivity index (χ0v) is 25.7. The highest BCUT2D eigenvalue weighted by Crippen LogP contribution is 2.53. The predicted octanol–water partition coefficient (Wildman–Crippen LogP) is 3.73. The Morgan fingerprint density at radius 1 is 1.05 bits per heavy atom. The van der Waals surface area contributed by atoms with E-state index in [1.807, 2.05) is 36.4 Å². The zero-order chi connectivity index (χ0) is 30.3. The van der Waals surface area contributed by atoms with Gasteiger partial charge >= 0.3 is 5.69 Å². The van der Waals surface area contributed by atoms with Gasteiger partial charge in [-0.3, -0.25) is 4.57 Å². The smallest absolute Gasteiger partial charge is 0.351 e. The summed E-state index contributed by atoms with van der Waals surface area (Å²) >= 11 is 0. The Morgan fingerprint density at radius 3 is 2.21 bits per heavy atom. The van der Waals surface area contributed by atoms with Crippen LogP contribution in [0, 0.1) is 12.3 Å². The Bertz CT molecular complexity index is 1540. The Kier molecular flexibility index (Phi) is 7.60. The number of hydrogen-bond acceptors (Lipinski definition) is 8. The minimum Gasteiger partial charge on any atom is -0.403 e. The number of hydrogen-bond donors (Lipinski definition) is 1. The number of aromatic nitrogens is 2. The number of nitrogens with zero attached hydrogens (tertiary/aromatic N) is 4. The monoisotopic (exact) mass is 599 g/mol. The van der Waals surface area contributed by atoms with Crippen molar-refractivity contribution in [2.45, 2.75) is 81.3 Å². The van der Waals surface area contributed by atoms with Gasteiger partial charge in [-0.05, 0) is 28.3 Å². The molecule has 1 spiro atoms. The van der Waals surface area contributed by atoms with Crippen LogP contribution in [-0.2, 0) is 18.6 Å². The van der Waals surface area contributed by atoms with Crippen LogP contribution in [0.3, 0.4) is 0 Å². The Morgan fingerprint density at radius 2 is 1.67 bits per heavy atom. The number of ether oxygens (including phenoxy) is 3. The van der Waals surface area contributed by atoms with Crippen molar-refractivity contribution in [1.82, 2.24) is 9.55 Å². The lowest BCUT2D eigenvalue weighted by molar-refractivity contribution is -0.227. The maximum Gasteiger partial charge on any atom is 0.351 e. The van der Waals surface area contributed by atoms with Crippen molar-refractivity contribution in [2.75, 3.05) is 6.61 Å². The van der Waals surface area contributed by atoms with E-state index in [2.05, 4.69) is 66.3 Å². The minimum atomic E-state index is -2.98. The van der Waals surface area contributed by atoms with Crippen molar-refractivity contribution < 1.29 is 18.6 Å². The van der Waals surface area contributed by atoms with Gasteiger partial charge in [0, 0.05) is 25.1 Å². The normalized spacial score (nSPS) is 26.6. The molecule has 2 aromatic carbocycles. The van der Waals surface area contributed by atoms with E-state index < -0.39 is 43.8 Å². The maximum absolute atomic E-state index is 13.2. The third-order valence-electron chi connectivity index (χ3n) is 8.84. The molecule has 224 valence electrons. The van der Waals surface area contributed by atoms with Crippen molar-refractivity contribution in [3.63, 3.8) is 0 Å². The minimum absolute atomic E-state index is 0.0372. The topological polar surface area (TPSA) is 123 Å². The number of nitrogens with two attached hydrogens (primary N) is 1. The quantitative estimate of drug-likeness (QED) is 0.144. The summed E-state index contributed by atoms with van der Waals surface area (Å²) in [7, 11) is -2.98. The van der Waals surface area contributed by atoms with E-state index in [4.69, 9.17) is 30.9 Å². The lowest BCUT2D eigenvalue weighted by Crippen LogP contribution is -2.68. The molecular formula is C32H37N5O5Si. The first kappa shape index (κ1) is 29.4. The van der Waals surface area contributed by atoms with Gasteiger partial charge in [-0.1, -0.05) is 92.6 Å². The molecule has 3 aromatic rings. The second-order valence-corrected chi connectivity index (χ2v) is 16.7. The standard InChI is InChI=1S/C32H37N5O5Si/c1-5-31(22-39-43(30(2,3)4,23-14-8-6-9-15-23)24-16-10-7-11-17-24)27-26(40-32(41-27)19-12-13-20-32)28(42-31)37-21-18-25(35-36-33)34-29(37)38/h1,6-11,14-18,21,26-28H,12-13,19-20,22H2,2-4H3,(H2,33,34,35,38)/t26-,27+,28-,31-/m1/s1. The molecule has 1 saturated carbocycles. The largest absolute Gasteiger partial charge is 0.403 e. The van der Waals surface area contributed by atoms with Crippen LogP contribution >= 0.6 is 0 Å². The molecule has 1 aromatic heterocycles. The highest BCUT2D eigenvalue weighted by Gasteiger charge is 2.66. The molecule has 2 saturated heterocycles. The van der Waals surface area contributed by atoms with Gasteiger partial charge in [-0.2, -0.15) is 4.98 Å². The summed E-state index contributed by atoms with van der Waals surface area (Å²) in [6, 6.07) is 22.2. The van der Waals surface area contributed by atoms with Crippen molar-refractivity contribution >= 4 is 24.5 Å². The summed E-state index contributed by atoms with van der Waals surface area (Å²) in [5.74, 6) is 7.39. The third-order valence-corrected chi connectivity index (χ3v) is 13.8. The fraction of sp³-hybridized carbons (Fsp3) is 0.438. The molecule has 10 nitrogen and oxygen atoms in total. The van der Waals surface area contributed by atoms with Crippen LogP contribution in [0.2, 0.25) is 5.04 Å². The van der Waals surface area contributed by atoms with E-state index in [0.717, 1.165) is 36.1 Å². The molecule has 6 rings (SSSR count). The van der Waals surface area contributed by atoms with Crippen molar-refractivity contribution in [3.8, 4) is 12.3 Å². The molecular weight excluding hydrogens is 562 g/mol. The van der Waals surface area contributed by atoms with Gasteiger partial charge in [-0.15, -0.1) is 11.5 Å². The van der Waals surface area contributed by atoms with Crippen LogP contribution in [0.4, 0.5) is 5.82 Å². The summed E-state index contributed by atoms with van der Waals surface area (Å²) < 4.78 is 28.6. The zero-order valence-electron chi connectivity index (χ0n) is 24.7. The lowest BCUT2D eigenvalue weighted by atomic mass is 9.97. The fourth-order valence-electron chi connectivity index (χ4n) is 6.88. The Balaban J connectivity index is 1.43. The molecule has 0 bridgehead atoms. The van der Waals surface area contributed by atoms with E-state index in [1.165, 1.54) is 10.6 Å². The van der Waals surface area contributed by atoms with Gasteiger partial charge in [0.05, 0.1) is 6.61 Å². The number of rotatable bonds is 7. The van der Waals surface area contributed by atoms with Crippen LogP contribution in [0.15, 0.2) is 88.1 Å². The molecule has 0 unspecified atom stereocenters. The first-order chi connectivity index (χ1) is 20.7. The molecule has 2 aliphatic heterocycles. The predicted molar refractivity (Wildman–Crippen MR) is 163 cm³/mol. The highest BCUT2D eigenvalue weighted by atomic mass is 28.4. The molecule has 3 fully saturated rings. The second kappa shape index (κ2) is 11.1. The van der Waals surface area contributed by atoms with E-state index in [0.29, 0.717) is 0 Å². The Labute approximate surface area is 252 Å². The average Bonchev–Trinajstić information content (AvgIpc) is 3.70. The molecule has 11 heteroatoms. The van der Waals surface area contributed by atoms with Gasteiger partial charge in [0.15, 0.2) is 23.4 Å². The maximum atomic E-state index is 13.2. The number of terminal acetylenes is 1. The van der Waals surface area contributed by atoms with E-state index in [9.17, 15) is 4.79 Å². The second-order valence-electron chi connectivity index (χ2n) is 12.4. The summed E-state index contributed by atoms with van der Waals surface area (Å²) in [6.45, 7) is 6.65. The molecule has 3 aliphatic rings. The van der Waals surface area contributed by atoms with E-state index >= 15 is 0 Å². The van der Waals surface area contributed by atoms with Gasteiger partial charge in [0.1, 0.15) is 12.2 Å². The van der Waals surface area contributed by atoms with Crippen LogP contribution in [0.5, 0.6) is 0 Å².